The van der Waals surface area contributed by atoms with Crippen LogP contribution in [0.2, 0.25) is 0 Å². The van der Waals surface area contributed by atoms with Crippen molar-refractivity contribution in [3.05, 3.63) is 35.4 Å². The number of rotatable bonds is 4. The van der Waals surface area contributed by atoms with Gasteiger partial charge in [0.1, 0.15) is 0 Å². The summed E-state index contributed by atoms with van der Waals surface area (Å²) in [5.74, 6) is 2.82. The van der Waals surface area contributed by atoms with Crippen molar-refractivity contribution in [2.75, 3.05) is 38.7 Å². The van der Waals surface area contributed by atoms with Crippen LogP contribution >= 0.6 is 12.2 Å². The number of nitrogens with zero attached hydrogens (tertiary/aromatic N) is 1. The number of hydrogen-bond acceptors (Lipinski definition) is 5. The summed E-state index contributed by atoms with van der Waals surface area (Å²) in [5.41, 5.74) is 4.34. The first-order chi connectivity index (χ1) is 13.1. The van der Waals surface area contributed by atoms with Gasteiger partial charge in [0.25, 0.3) is 0 Å². The van der Waals surface area contributed by atoms with Gasteiger partial charge in [-0.15, -0.1) is 0 Å². The molecular formula is C20H22N2O4S. The zero-order chi connectivity index (χ0) is 19.1. The average molecular weight is 386 g/mol. The largest absolute Gasteiger partial charge is 0.493 e. The standard InChI is InChI=1S/C20H22N2O4S/c1-23-16-7-11-5-6-14-12-8-17(24-2)18(25-3)9-13(12)21-20(27)22(14)15(11)10-19(16)26-4/h7-10,14H,5-6H2,1-4H3,(H,21,27). The third-order valence-electron chi connectivity index (χ3n) is 5.22. The van der Waals surface area contributed by atoms with Gasteiger partial charge in [-0.3, -0.25) is 0 Å². The zero-order valence-corrected chi connectivity index (χ0v) is 16.6. The Bertz CT molecular complexity index is 915. The molecular weight excluding hydrogens is 364 g/mol. The highest BCUT2D eigenvalue weighted by molar-refractivity contribution is 7.80. The van der Waals surface area contributed by atoms with Crippen LogP contribution in [0.3, 0.4) is 0 Å². The van der Waals surface area contributed by atoms with E-state index in [-0.39, 0.29) is 6.04 Å². The molecule has 6 nitrogen and oxygen atoms in total. The van der Waals surface area contributed by atoms with Crippen molar-refractivity contribution in [2.24, 2.45) is 0 Å². The molecule has 0 radical (unpaired) electrons. The number of thiocarbonyl (C=S) groups is 1. The molecule has 1 atom stereocenters. The molecule has 2 aromatic rings. The molecule has 2 aromatic carbocycles. The quantitative estimate of drug-likeness (QED) is 0.799. The number of anilines is 2. The Labute approximate surface area is 164 Å². The van der Waals surface area contributed by atoms with Gasteiger partial charge in [0, 0.05) is 23.4 Å². The van der Waals surface area contributed by atoms with Gasteiger partial charge in [-0.25, -0.2) is 0 Å². The summed E-state index contributed by atoms with van der Waals surface area (Å²) in [4.78, 5) is 2.16. The Morgan fingerprint density at radius 1 is 0.889 bits per heavy atom. The lowest BCUT2D eigenvalue weighted by Gasteiger charge is -2.43. The van der Waals surface area contributed by atoms with E-state index in [1.165, 1.54) is 5.56 Å². The van der Waals surface area contributed by atoms with Crippen LogP contribution in [0.4, 0.5) is 11.4 Å². The van der Waals surface area contributed by atoms with Gasteiger partial charge < -0.3 is 29.2 Å². The lowest BCUT2D eigenvalue weighted by Crippen LogP contribution is -2.44. The van der Waals surface area contributed by atoms with Gasteiger partial charge in [0.15, 0.2) is 28.1 Å². The predicted octanol–water partition coefficient (Wildman–Crippen LogP) is 3.93. The van der Waals surface area contributed by atoms with Crippen LogP contribution in [0.1, 0.15) is 23.6 Å². The van der Waals surface area contributed by atoms with Crippen molar-refractivity contribution in [1.82, 2.24) is 0 Å². The molecule has 0 aliphatic carbocycles. The Morgan fingerprint density at radius 3 is 2.15 bits per heavy atom. The van der Waals surface area contributed by atoms with Gasteiger partial charge in [0.05, 0.1) is 40.2 Å². The van der Waals surface area contributed by atoms with E-state index in [9.17, 15) is 0 Å². The summed E-state index contributed by atoms with van der Waals surface area (Å²) < 4.78 is 21.9. The number of hydrogen-bond donors (Lipinski definition) is 1. The van der Waals surface area contributed by atoms with Crippen molar-refractivity contribution in [1.29, 1.82) is 0 Å². The molecule has 2 aliphatic rings. The summed E-state index contributed by atoms with van der Waals surface area (Å²) in [6.45, 7) is 0. The van der Waals surface area contributed by atoms with Crippen LogP contribution in [0.15, 0.2) is 24.3 Å². The molecule has 2 heterocycles. The van der Waals surface area contributed by atoms with Crippen LogP contribution in [-0.4, -0.2) is 33.6 Å². The summed E-state index contributed by atoms with van der Waals surface area (Å²) in [7, 11) is 6.58. The maximum Gasteiger partial charge on any atom is 0.178 e. The van der Waals surface area contributed by atoms with Gasteiger partial charge >= 0.3 is 0 Å². The zero-order valence-electron chi connectivity index (χ0n) is 15.8. The van der Waals surface area contributed by atoms with Crippen LogP contribution in [-0.2, 0) is 6.42 Å². The van der Waals surface area contributed by atoms with E-state index in [2.05, 4.69) is 10.2 Å². The minimum atomic E-state index is 0.124. The van der Waals surface area contributed by atoms with Crippen LogP contribution in [0, 0.1) is 0 Å². The second-order valence-electron chi connectivity index (χ2n) is 6.48. The normalized spacial score (nSPS) is 17.3. The first-order valence-corrected chi connectivity index (χ1v) is 9.13. The second-order valence-corrected chi connectivity index (χ2v) is 6.87. The second kappa shape index (κ2) is 6.81. The highest BCUT2D eigenvalue weighted by Gasteiger charge is 2.37. The molecule has 0 saturated carbocycles. The maximum atomic E-state index is 5.71. The van der Waals surface area contributed by atoms with Crippen molar-refractivity contribution in [3.63, 3.8) is 0 Å². The number of aryl methyl sites for hydroxylation is 1. The minimum Gasteiger partial charge on any atom is -0.493 e. The van der Waals surface area contributed by atoms with Crippen LogP contribution < -0.4 is 29.2 Å². The smallest absolute Gasteiger partial charge is 0.178 e. The third-order valence-corrected chi connectivity index (χ3v) is 5.52. The Morgan fingerprint density at radius 2 is 1.48 bits per heavy atom. The lowest BCUT2D eigenvalue weighted by molar-refractivity contribution is 0.353. The molecule has 0 bridgehead atoms. The number of ether oxygens (including phenoxy) is 4. The molecule has 4 rings (SSSR count). The first kappa shape index (κ1) is 17.7. The van der Waals surface area contributed by atoms with Crippen LogP contribution in [0.25, 0.3) is 0 Å². The molecule has 0 aromatic heterocycles. The topological polar surface area (TPSA) is 52.2 Å². The van der Waals surface area contributed by atoms with E-state index in [4.69, 9.17) is 31.2 Å². The molecule has 0 amide bonds. The highest BCUT2D eigenvalue weighted by Crippen LogP contribution is 2.49. The van der Waals surface area contributed by atoms with Gasteiger partial charge in [-0.05, 0) is 42.8 Å². The molecule has 0 spiro atoms. The fourth-order valence-electron chi connectivity index (χ4n) is 3.92. The first-order valence-electron chi connectivity index (χ1n) is 8.72. The number of fused-ring (bicyclic) bond motifs is 5. The molecule has 27 heavy (non-hydrogen) atoms. The van der Waals surface area contributed by atoms with E-state index in [1.807, 2.05) is 24.3 Å². The average Bonchev–Trinajstić information content (AvgIpc) is 2.71. The predicted molar refractivity (Wildman–Crippen MR) is 109 cm³/mol. The number of benzene rings is 2. The van der Waals surface area contributed by atoms with E-state index < -0.39 is 0 Å². The van der Waals surface area contributed by atoms with E-state index >= 15 is 0 Å². The molecule has 0 fully saturated rings. The number of methoxy groups -OCH3 is 4. The molecule has 0 saturated heterocycles. The minimum absolute atomic E-state index is 0.124. The SMILES string of the molecule is COc1cc2c(cc1OC)N1C(=S)Nc3cc(OC)c(OC)cc3C1CC2. The third kappa shape index (κ3) is 2.73. The van der Waals surface area contributed by atoms with Gasteiger partial charge in [0.2, 0.25) is 0 Å². The summed E-state index contributed by atoms with van der Waals surface area (Å²) in [6.07, 6.45) is 1.86. The van der Waals surface area contributed by atoms with Gasteiger partial charge in [-0.2, -0.15) is 0 Å². The van der Waals surface area contributed by atoms with Crippen molar-refractivity contribution in [2.45, 2.75) is 18.9 Å². The molecule has 1 unspecified atom stereocenters. The van der Waals surface area contributed by atoms with E-state index in [0.29, 0.717) is 22.4 Å². The molecule has 7 heteroatoms. The fraction of sp³-hybridized carbons (Fsp3) is 0.350. The van der Waals surface area contributed by atoms with Gasteiger partial charge in [-0.1, -0.05) is 0 Å². The summed E-state index contributed by atoms with van der Waals surface area (Å²) in [6, 6.07) is 8.14. The molecule has 1 N–H and O–H groups in total. The fourth-order valence-corrected chi connectivity index (χ4v) is 4.26. The van der Waals surface area contributed by atoms with Crippen LogP contribution in [0.5, 0.6) is 23.0 Å². The van der Waals surface area contributed by atoms with E-state index in [0.717, 1.165) is 35.5 Å². The maximum absolute atomic E-state index is 5.71. The summed E-state index contributed by atoms with van der Waals surface area (Å²) in [5, 5.41) is 4.00. The molecule has 142 valence electrons. The van der Waals surface area contributed by atoms with Crippen molar-refractivity contribution >= 4 is 28.7 Å². The van der Waals surface area contributed by atoms with Crippen molar-refractivity contribution < 1.29 is 18.9 Å². The Balaban J connectivity index is 1.84. The Hall–Kier alpha value is -2.67. The van der Waals surface area contributed by atoms with E-state index in [1.54, 1.807) is 28.4 Å². The van der Waals surface area contributed by atoms with Crippen molar-refractivity contribution in [3.8, 4) is 23.0 Å². The monoisotopic (exact) mass is 386 g/mol. The lowest BCUT2D eigenvalue weighted by atomic mass is 9.88. The summed E-state index contributed by atoms with van der Waals surface area (Å²) >= 11 is 5.71. The molecule has 2 aliphatic heterocycles. The number of nitrogens with one attached hydrogen (secondary N) is 1. The highest BCUT2D eigenvalue weighted by atomic mass is 32.1. The Kier molecular flexibility index (Phi) is 4.47.